The summed E-state index contributed by atoms with van der Waals surface area (Å²) < 4.78 is 4.70. The molecule has 142 valence electrons. The summed E-state index contributed by atoms with van der Waals surface area (Å²) >= 11 is 0. The lowest BCUT2D eigenvalue weighted by atomic mass is 10.2. The van der Waals surface area contributed by atoms with Crippen LogP contribution in [0.1, 0.15) is 16.8 Å². The van der Waals surface area contributed by atoms with E-state index in [2.05, 4.69) is 20.1 Å². The number of esters is 1. The zero-order chi connectivity index (χ0) is 19.1. The normalized spacial score (nSPS) is 14.6. The lowest BCUT2D eigenvalue weighted by Crippen LogP contribution is -2.47. The fourth-order valence-corrected chi connectivity index (χ4v) is 3.07. The summed E-state index contributed by atoms with van der Waals surface area (Å²) in [6.07, 6.45) is 2.22. The molecular formula is C20H24N4O3. The molecule has 0 unspecified atom stereocenters. The lowest BCUT2D eigenvalue weighted by molar-refractivity contribution is -0.116. The Balaban J connectivity index is 1.43. The number of anilines is 2. The Labute approximate surface area is 158 Å². The van der Waals surface area contributed by atoms with Gasteiger partial charge in [-0.3, -0.25) is 9.69 Å². The highest BCUT2D eigenvalue weighted by Crippen LogP contribution is 2.14. The predicted octanol–water partition coefficient (Wildman–Crippen LogP) is 2.02. The number of amides is 1. The maximum Gasteiger partial charge on any atom is 0.337 e. The number of carbonyl (C=O) groups is 2. The molecule has 3 rings (SSSR count). The Morgan fingerprint density at radius 1 is 1.11 bits per heavy atom. The minimum atomic E-state index is -0.420. The van der Waals surface area contributed by atoms with Crippen LogP contribution < -0.4 is 10.2 Å². The number of aromatic nitrogens is 1. The van der Waals surface area contributed by atoms with Gasteiger partial charge in [-0.2, -0.15) is 0 Å². The number of nitrogens with one attached hydrogen (secondary N) is 1. The first-order chi connectivity index (χ1) is 13.2. The van der Waals surface area contributed by atoms with Crippen LogP contribution >= 0.6 is 0 Å². The van der Waals surface area contributed by atoms with Gasteiger partial charge >= 0.3 is 5.97 Å². The van der Waals surface area contributed by atoms with Crippen LogP contribution in [0.2, 0.25) is 0 Å². The quantitative estimate of drug-likeness (QED) is 0.787. The van der Waals surface area contributed by atoms with Gasteiger partial charge in [0.25, 0.3) is 0 Å². The van der Waals surface area contributed by atoms with Crippen molar-refractivity contribution in [3.05, 3.63) is 54.2 Å². The van der Waals surface area contributed by atoms with Gasteiger partial charge in [-0.25, -0.2) is 9.78 Å². The molecule has 1 aromatic heterocycles. The number of hydrogen-bond donors (Lipinski definition) is 1. The van der Waals surface area contributed by atoms with Gasteiger partial charge in [0.2, 0.25) is 5.91 Å². The smallest absolute Gasteiger partial charge is 0.337 e. The molecule has 1 N–H and O–H groups in total. The molecule has 0 saturated carbocycles. The number of nitrogens with zero attached hydrogens (tertiary/aromatic N) is 3. The first-order valence-corrected chi connectivity index (χ1v) is 9.02. The molecule has 0 bridgehead atoms. The highest BCUT2D eigenvalue weighted by atomic mass is 16.5. The standard InChI is InChI=1S/C20H24N4O3/c1-27-20(26)16-5-4-6-17(15-16)22-19(25)8-10-23-11-13-24(14-12-23)18-7-2-3-9-21-18/h2-7,9,15H,8,10-14H2,1H3,(H,22,25). The fourth-order valence-electron chi connectivity index (χ4n) is 3.07. The first kappa shape index (κ1) is 18.8. The number of pyridine rings is 1. The number of hydrogen-bond acceptors (Lipinski definition) is 6. The van der Waals surface area contributed by atoms with Crippen molar-refractivity contribution in [2.75, 3.05) is 50.1 Å². The second-order valence-electron chi connectivity index (χ2n) is 6.39. The molecule has 1 amide bonds. The number of benzene rings is 1. The van der Waals surface area contributed by atoms with Gasteiger partial charge < -0.3 is 15.0 Å². The molecule has 2 aromatic rings. The maximum atomic E-state index is 12.2. The van der Waals surface area contributed by atoms with Crippen LogP contribution in [0.25, 0.3) is 0 Å². The average molecular weight is 368 g/mol. The summed E-state index contributed by atoms with van der Waals surface area (Å²) in [5, 5.41) is 2.84. The third-order valence-electron chi connectivity index (χ3n) is 4.57. The van der Waals surface area contributed by atoms with E-state index in [9.17, 15) is 9.59 Å². The van der Waals surface area contributed by atoms with Crippen LogP contribution in [-0.4, -0.2) is 61.6 Å². The molecular weight excluding hydrogens is 344 g/mol. The highest BCUT2D eigenvalue weighted by Gasteiger charge is 2.18. The largest absolute Gasteiger partial charge is 0.465 e. The first-order valence-electron chi connectivity index (χ1n) is 9.02. The molecule has 1 aliphatic rings. The number of carbonyl (C=O) groups excluding carboxylic acids is 2. The van der Waals surface area contributed by atoms with Crippen LogP contribution in [0.4, 0.5) is 11.5 Å². The Morgan fingerprint density at radius 3 is 2.63 bits per heavy atom. The van der Waals surface area contributed by atoms with E-state index in [1.54, 1.807) is 30.5 Å². The topological polar surface area (TPSA) is 74.8 Å². The van der Waals surface area contributed by atoms with Gasteiger partial charge in [-0.05, 0) is 30.3 Å². The Bertz CT molecular complexity index is 774. The molecule has 7 nitrogen and oxygen atoms in total. The second-order valence-corrected chi connectivity index (χ2v) is 6.39. The summed E-state index contributed by atoms with van der Waals surface area (Å²) in [7, 11) is 1.33. The van der Waals surface area contributed by atoms with Crippen LogP contribution in [0.5, 0.6) is 0 Å². The zero-order valence-corrected chi connectivity index (χ0v) is 15.4. The molecule has 1 fully saturated rings. The van der Waals surface area contributed by atoms with Crippen molar-refractivity contribution < 1.29 is 14.3 Å². The molecule has 0 spiro atoms. The van der Waals surface area contributed by atoms with Crippen LogP contribution in [-0.2, 0) is 9.53 Å². The van der Waals surface area contributed by atoms with Gasteiger partial charge in [0.05, 0.1) is 12.7 Å². The SMILES string of the molecule is COC(=O)c1cccc(NC(=O)CCN2CCN(c3ccccn3)CC2)c1. The Hall–Kier alpha value is -2.93. The third kappa shape index (κ3) is 5.27. The molecule has 0 aliphatic carbocycles. The third-order valence-corrected chi connectivity index (χ3v) is 4.57. The van der Waals surface area contributed by atoms with Crippen molar-refractivity contribution in [1.82, 2.24) is 9.88 Å². The van der Waals surface area contributed by atoms with Gasteiger partial charge in [0.1, 0.15) is 5.82 Å². The summed E-state index contributed by atoms with van der Waals surface area (Å²) in [5.74, 6) is 0.515. The summed E-state index contributed by atoms with van der Waals surface area (Å²) in [4.78, 5) is 32.7. The highest BCUT2D eigenvalue weighted by molar-refractivity contribution is 5.94. The van der Waals surface area contributed by atoms with Gasteiger partial charge in [-0.15, -0.1) is 0 Å². The van der Waals surface area contributed by atoms with Crippen molar-refractivity contribution in [3.8, 4) is 0 Å². The van der Waals surface area contributed by atoms with Crippen molar-refractivity contribution in [2.45, 2.75) is 6.42 Å². The van der Waals surface area contributed by atoms with Crippen molar-refractivity contribution in [1.29, 1.82) is 0 Å². The van der Waals surface area contributed by atoms with Crippen LogP contribution in [0, 0.1) is 0 Å². The van der Waals surface area contributed by atoms with E-state index in [-0.39, 0.29) is 5.91 Å². The number of piperazine rings is 1. The Kier molecular flexibility index (Phi) is 6.38. The molecule has 7 heteroatoms. The van der Waals surface area contributed by atoms with Crippen molar-refractivity contribution in [3.63, 3.8) is 0 Å². The summed E-state index contributed by atoms with van der Waals surface area (Å²) in [6.45, 7) is 4.32. The predicted molar refractivity (Wildman–Crippen MR) is 104 cm³/mol. The van der Waals surface area contributed by atoms with Gasteiger partial charge in [-0.1, -0.05) is 12.1 Å². The fraction of sp³-hybridized carbons (Fsp3) is 0.350. The number of methoxy groups -OCH3 is 1. The number of ether oxygens (including phenoxy) is 1. The second kappa shape index (κ2) is 9.14. The minimum Gasteiger partial charge on any atom is -0.465 e. The molecule has 1 aromatic carbocycles. The Morgan fingerprint density at radius 2 is 1.93 bits per heavy atom. The molecule has 0 atom stereocenters. The van der Waals surface area contributed by atoms with Crippen molar-refractivity contribution >= 4 is 23.4 Å². The van der Waals surface area contributed by atoms with Crippen LogP contribution in [0.15, 0.2) is 48.7 Å². The minimum absolute atomic E-state index is 0.0656. The number of rotatable bonds is 6. The monoisotopic (exact) mass is 368 g/mol. The van der Waals surface area contributed by atoms with E-state index in [4.69, 9.17) is 4.74 Å². The van der Waals surface area contributed by atoms with E-state index >= 15 is 0 Å². The van der Waals surface area contributed by atoms with Gasteiger partial charge in [0, 0.05) is 51.0 Å². The average Bonchev–Trinajstić information content (AvgIpc) is 2.73. The molecule has 2 heterocycles. The van der Waals surface area contributed by atoms with Gasteiger partial charge in [0.15, 0.2) is 0 Å². The molecule has 1 aliphatic heterocycles. The summed E-state index contributed by atoms with van der Waals surface area (Å²) in [5.41, 5.74) is 1.02. The molecule has 27 heavy (non-hydrogen) atoms. The summed E-state index contributed by atoms with van der Waals surface area (Å²) in [6, 6.07) is 12.7. The zero-order valence-electron chi connectivity index (χ0n) is 15.4. The van der Waals surface area contributed by atoms with E-state index in [1.165, 1.54) is 7.11 Å². The van der Waals surface area contributed by atoms with Crippen LogP contribution in [0.3, 0.4) is 0 Å². The molecule has 0 radical (unpaired) electrons. The lowest BCUT2D eigenvalue weighted by Gasteiger charge is -2.35. The van der Waals surface area contributed by atoms with E-state index in [0.29, 0.717) is 24.2 Å². The van der Waals surface area contributed by atoms with E-state index in [1.807, 2.05) is 18.2 Å². The maximum absolute atomic E-state index is 12.2. The van der Waals surface area contributed by atoms with Crippen molar-refractivity contribution in [2.24, 2.45) is 0 Å². The van der Waals surface area contributed by atoms with E-state index in [0.717, 1.165) is 32.0 Å². The molecule has 1 saturated heterocycles. The van der Waals surface area contributed by atoms with E-state index < -0.39 is 5.97 Å².